The quantitative estimate of drug-likeness (QED) is 0.858. The van der Waals surface area contributed by atoms with Crippen molar-refractivity contribution in [2.45, 2.75) is 18.8 Å². The molecule has 1 aromatic rings. The van der Waals surface area contributed by atoms with E-state index in [1.54, 1.807) is 0 Å². The highest BCUT2D eigenvalue weighted by Crippen LogP contribution is 2.24. The van der Waals surface area contributed by atoms with Crippen molar-refractivity contribution in [3.05, 3.63) is 35.4 Å². The lowest BCUT2D eigenvalue weighted by Gasteiger charge is -2.17. The van der Waals surface area contributed by atoms with Gasteiger partial charge < -0.3 is 15.2 Å². The van der Waals surface area contributed by atoms with E-state index in [0.717, 1.165) is 0 Å². The predicted molar refractivity (Wildman–Crippen MR) is 53.6 cm³/mol. The van der Waals surface area contributed by atoms with Crippen LogP contribution in [0.25, 0.3) is 0 Å². The van der Waals surface area contributed by atoms with Gasteiger partial charge in [0, 0.05) is 18.0 Å². The minimum Gasteiger partial charge on any atom is -0.350 e. The summed E-state index contributed by atoms with van der Waals surface area (Å²) in [5.41, 5.74) is 5.63. The molecule has 5 heteroatoms. The molecule has 0 aromatic heterocycles. The van der Waals surface area contributed by atoms with Gasteiger partial charge in [0.25, 0.3) is 0 Å². The van der Waals surface area contributed by atoms with Gasteiger partial charge in [-0.05, 0) is 12.1 Å². The Labute approximate surface area is 92.1 Å². The molecule has 1 heterocycles. The Kier molecular flexibility index (Phi) is 3.48. The van der Waals surface area contributed by atoms with E-state index in [1.165, 1.54) is 18.2 Å². The molecule has 16 heavy (non-hydrogen) atoms. The highest BCUT2D eigenvalue weighted by molar-refractivity contribution is 5.23. The van der Waals surface area contributed by atoms with Crippen LogP contribution in [-0.4, -0.2) is 19.5 Å². The zero-order valence-corrected chi connectivity index (χ0v) is 8.66. The van der Waals surface area contributed by atoms with Crippen molar-refractivity contribution in [3.63, 3.8) is 0 Å². The molecule has 0 radical (unpaired) electrons. The Hall–Kier alpha value is -1.04. The minimum atomic E-state index is -0.760. The highest BCUT2D eigenvalue weighted by Gasteiger charge is 2.23. The molecule has 0 aliphatic carbocycles. The SMILES string of the molecule is NC(CC1OCCO1)c1c(F)cccc1F. The Bertz CT molecular complexity index is 347. The van der Waals surface area contributed by atoms with Crippen LogP contribution >= 0.6 is 0 Å². The first kappa shape index (κ1) is 11.4. The van der Waals surface area contributed by atoms with E-state index < -0.39 is 24.0 Å². The van der Waals surface area contributed by atoms with Crippen LogP contribution in [0.3, 0.4) is 0 Å². The van der Waals surface area contributed by atoms with Gasteiger partial charge in [-0.2, -0.15) is 0 Å². The number of ether oxygens (including phenoxy) is 2. The second kappa shape index (κ2) is 4.86. The number of nitrogens with two attached hydrogens (primary N) is 1. The Morgan fingerprint density at radius 3 is 2.38 bits per heavy atom. The summed E-state index contributed by atoms with van der Waals surface area (Å²) in [7, 11) is 0. The molecule has 1 atom stereocenters. The molecule has 1 saturated heterocycles. The van der Waals surface area contributed by atoms with E-state index in [4.69, 9.17) is 15.2 Å². The molecule has 0 spiro atoms. The second-order valence-electron chi connectivity index (χ2n) is 3.65. The first-order chi connectivity index (χ1) is 7.68. The first-order valence-corrected chi connectivity index (χ1v) is 5.11. The van der Waals surface area contributed by atoms with Crippen LogP contribution in [0.4, 0.5) is 8.78 Å². The minimum absolute atomic E-state index is 0.110. The number of hydrogen-bond donors (Lipinski definition) is 1. The maximum Gasteiger partial charge on any atom is 0.159 e. The van der Waals surface area contributed by atoms with Crippen LogP contribution in [0.5, 0.6) is 0 Å². The van der Waals surface area contributed by atoms with E-state index in [-0.39, 0.29) is 12.0 Å². The molecule has 1 fully saturated rings. The van der Waals surface area contributed by atoms with Crippen LogP contribution in [0, 0.1) is 11.6 Å². The van der Waals surface area contributed by atoms with Crippen molar-refractivity contribution in [2.75, 3.05) is 13.2 Å². The fraction of sp³-hybridized carbons (Fsp3) is 0.455. The lowest BCUT2D eigenvalue weighted by atomic mass is 10.0. The maximum atomic E-state index is 13.4. The molecule has 0 amide bonds. The van der Waals surface area contributed by atoms with Gasteiger partial charge in [-0.25, -0.2) is 8.78 Å². The van der Waals surface area contributed by atoms with Gasteiger partial charge in [-0.1, -0.05) is 6.07 Å². The summed E-state index contributed by atoms with van der Waals surface area (Å²) in [4.78, 5) is 0. The molecule has 0 bridgehead atoms. The second-order valence-corrected chi connectivity index (χ2v) is 3.65. The summed E-state index contributed by atoms with van der Waals surface area (Å²) < 4.78 is 37.1. The van der Waals surface area contributed by atoms with Gasteiger partial charge in [-0.15, -0.1) is 0 Å². The van der Waals surface area contributed by atoms with Crippen molar-refractivity contribution in [2.24, 2.45) is 5.73 Å². The van der Waals surface area contributed by atoms with Crippen molar-refractivity contribution in [1.29, 1.82) is 0 Å². The topological polar surface area (TPSA) is 44.5 Å². The number of rotatable bonds is 3. The molecule has 0 saturated carbocycles. The fourth-order valence-corrected chi connectivity index (χ4v) is 1.73. The van der Waals surface area contributed by atoms with Crippen molar-refractivity contribution < 1.29 is 18.3 Å². The molecule has 3 nitrogen and oxygen atoms in total. The molecule has 1 unspecified atom stereocenters. The normalized spacial score (nSPS) is 18.9. The summed E-state index contributed by atoms with van der Waals surface area (Å²) in [6.45, 7) is 0.994. The average molecular weight is 229 g/mol. The first-order valence-electron chi connectivity index (χ1n) is 5.11. The molecule has 1 aromatic carbocycles. The average Bonchev–Trinajstić information content (AvgIpc) is 2.70. The third-order valence-corrected chi connectivity index (χ3v) is 2.51. The Balaban J connectivity index is 2.10. The maximum absolute atomic E-state index is 13.4. The van der Waals surface area contributed by atoms with Crippen LogP contribution < -0.4 is 5.73 Å². The van der Waals surface area contributed by atoms with Crippen LogP contribution in [-0.2, 0) is 9.47 Å². The van der Waals surface area contributed by atoms with E-state index in [1.807, 2.05) is 0 Å². The van der Waals surface area contributed by atoms with Crippen molar-refractivity contribution >= 4 is 0 Å². The largest absolute Gasteiger partial charge is 0.350 e. The predicted octanol–water partition coefficient (Wildman–Crippen LogP) is 1.73. The summed E-state index contributed by atoms with van der Waals surface area (Å²) >= 11 is 0. The van der Waals surface area contributed by atoms with Gasteiger partial charge in [0.05, 0.1) is 13.2 Å². The van der Waals surface area contributed by atoms with Gasteiger partial charge in [-0.3, -0.25) is 0 Å². The van der Waals surface area contributed by atoms with E-state index in [9.17, 15) is 8.78 Å². The molecule has 88 valence electrons. The summed E-state index contributed by atoms with van der Waals surface area (Å²) in [6.07, 6.45) is -0.216. The van der Waals surface area contributed by atoms with Crippen molar-refractivity contribution in [1.82, 2.24) is 0 Å². The number of hydrogen-bond acceptors (Lipinski definition) is 3. The molecule has 2 N–H and O–H groups in total. The zero-order valence-electron chi connectivity index (χ0n) is 8.66. The molecular formula is C11H13F2NO2. The van der Waals surface area contributed by atoms with Crippen molar-refractivity contribution in [3.8, 4) is 0 Å². The lowest BCUT2D eigenvalue weighted by molar-refractivity contribution is -0.0510. The highest BCUT2D eigenvalue weighted by atomic mass is 19.1. The van der Waals surface area contributed by atoms with Gasteiger partial charge in [0.1, 0.15) is 11.6 Å². The van der Waals surface area contributed by atoms with E-state index in [2.05, 4.69) is 0 Å². The van der Waals surface area contributed by atoms with E-state index >= 15 is 0 Å². The van der Waals surface area contributed by atoms with Gasteiger partial charge in [0.2, 0.25) is 0 Å². The molecular weight excluding hydrogens is 216 g/mol. The zero-order chi connectivity index (χ0) is 11.5. The third-order valence-electron chi connectivity index (χ3n) is 2.51. The lowest BCUT2D eigenvalue weighted by Crippen LogP contribution is -2.21. The molecule has 2 rings (SSSR count). The molecule has 1 aliphatic heterocycles. The molecule has 1 aliphatic rings. The number of halogens is 2. The Morgan fingerprint density at radius 2 is 1.81 bits per heavy atom. The fourth-order valence-electron chi connectivity index (χ4n) is 1.73. The van der Waals surface area contributed by atoms with Crippen LogP contribution in [0.1, 0.15) is 18.0 Å². The van der Waals surface area contributed by atoms with Crippen LogP contribution in [0.15, 0.2) is 18.2 Å². The van der Waals surface area contributed by atoms with Crippen LogP contribution in [0.2, 0.25) is 0 Å². The Morgan fingerprint density at radius 1 is 1.25 bits per heavy atom. The standard InChI is InChI=1S/C11H13F2NO2/c12-7-2-1-3-8(13)11(7)9(14)6-10-15-4-5-16-10/h1-3,9-10H,4-6,14H2. The van der Waals surface area contributed by atoms with E-state index in [0.29, 0.717) is 13.2 Å². The number of benzene rings is 1. The smallest absolute Gasteiger partial charge is 0.159 e. The van der Waals surface area contributed by atoms with Gasteiger partial charge in [0.15, 0.2) is 6.29 Å². The van der Waals surface area contributed by atoms with Gasteiger partial charge >= 0.3 is 0 Å². The monoisotopic (exact) mass is 229 g/mol. The summed E-state index contributed by atoms with van der Waals surface area (Å²) in [5, 5.41) is 0. The third kappa shape index (κ3) is 2.37. The summed E-state index contributed by atoms with van der Waals surface area (Å²) in [6, 6.07) is 2.93. The summed E-state index contributed by atoms with van der Waals surface area (Å²) in [5.74, 6) is -1.27.